The summed E-state index contributed by atoms with van der Waals surface area (Å²) in [6, 6.07) is 5.34. The highest BCUT2D eigenvalue weighted by atomic mass is 32.2. The standard InChI is InChI=1S/C17H8F6O5S/c18-16(19,20)9-2-1-3-11(6-9)29(25,26)28-10-4-5-12-13(17(21,22)23)8-15(24)27-14(12)7-10/h1-8H. The summed E-state index contributed by atoms with van der Waals surface area (Å²) in [5, 5.41) is -0.527. The zero-order valence-corrected chi connectivity index (χ0v) is 14.7. The molecule has 0 radical (unpaired) electrons. The van der Waals surface area contributed by atoms with Gasteiger partial charge in [0.1, 0.15) is 16.2 Å². The molecular weight excluding hydrogens is 430 g/mol. The Balaban J connectivity index is 2.03. The minimum absolute atomic E-state index is 0.238. The predicted molar refractivity (Wildman–Crippen MR) is 86.7 cm³/mol. The van der Waals surface area contributed by atoms with Crippen molar-refractivity contribution in [3.05, 3.63) is 70.1 Å². The number of fused-ring (bicyclic) bond motifs is 1. The molecule has 0 aliphatic rings. The summed E-state index contributed by atoms with van der Waals surface area (Å²) >= 11 is 0. The fourth-order valence-electron chi connectivity index (χ4n) is 2.43. The molecule has 1 aromatic heterocycles. The maximum absolute atomic E-state index is 13.0. The van der Waals surface area contributed by atoms with Crippen molar-refractivity contribution in [3.8, 4) is 5.75 Å². The van der Waals surface area contributed by atoms with Crippen LogP contribution in [0.3, 0.4) is 0 Å². The topological polar surface area (TPSA) is 73.6 Å². The van der Waals surface area contributed by atoms with E-state index in [9.17, 15) is 39.6 Å². The van der Waals surface area contributed by atoms with Gasteiger partial charge < -0.3 is 8.60 Å². The fraction of sp³-hybridized carbons (Fsp3) is 0.118. The molecule has 2 aromatic carbocycles. The molecule has 3 rings (SSSR count). The Bertz CT molecular complexity index is 1240. The number of hydrogen-bond acceptors (Lipinski definition) is 5. The van der Waals surface area contributed by atoms with E-state index in [1.807, 2.05) is 0 Å². The molecule has 0 fully saturated rings. The van der Waals surface area contributed by atoms with E-state index in [1.165, 1.54) is 0 Å². The van der Waals surface area contributed by atoms with Gasteiger partial charge in [-0.2, -0.15) is 34.8 Å². The first kappa shape index (κ1) is 20.7. The van der Waals surface area contributed by atoms with E-state index in [-0.39, 0.29) is 6.07 Å². The molecular formula is C17H8F6O5S. The molecule has 0 bridgehead atoms. The van der Waals surface area contributed by atoms with Gasteiger partial charge in [0.25, 0.3) is 0 Å². The van der Waals surface area contributed by atoms with Crippen LogP contribution in [0.1, 0.15) is 11.1 Å². The molecule has 29 heavy (non-hydrogen) atoms. The average molecular weight is 438 g/mol. The molecule has 0 amide bonds. The van der Waals surface area contributed by atoms with Gasteiger partial charge in [-0.3, -0.25) is 0 Å². The van der Waals surface area contributed by atoms with E-state index in [0.717, 1.165) is 30.3 Å². The van der Waals surface area contributed by atoms with Crippen molar-refractivity contribution in [2.45, 2.75) is 17.2 Å². The van der Waals surface area contributed by atoms with Crippen molar-refractivity contribution in [1.82, 2.24) is 0 Å². The lowest BCUT2D eigenvalue weighted by Crippen LogP contribution is -2.13. The fourth-order valence-corrected chi connectivity index (χ4v) is 3.40. The van der Waals surface area contributed by atoms with Crippen LogP contribution in [0.5, 0.6) is 5.75 Å². The second-order valence-electron chi connectivity index (χ2n) is 5.70. The van der Waals surface area contributed by atoms with Crippen LogP contribution in [0, 0.1) is 0 Å². The number of alkyl halides is 6. The number of benzene rings is 2. The second kappa shape index (κ2) is 6.79. The Morgan fingerprint density at radius 3 is 2.17 bits per heavy atom. The van der Waals surface area contributed by atoms with Crippen LogP contribution in [0.2, 0.25) is 0 Å². The molecule has 0 aliphatic heterocycles. The van der Waals surface area contributed by atoms with Crippen molar-refractivity contribution in [2.75, 3.05) is 0 Å². The van der Waals surface area contributed by atoms with Gasteiger partial charge in [0, 0.05) is 17.5 Å². The summed E-state index contributed by atoms with van der Waals surface area (Å²) in [7, 11) is -4.76. The van der Waals surface area contributed by atoms with Gasteiger partial charge in [-0.25, -0.2) is 4.79 Å². The Morgan fingerprint density at radius 2 is 1.55 bits per heavy atom. The van der Waals surface area contributed by atoms with Crippen molar-refractivity contribution >= 4 is 21.1 Å². The van der Waals surface area contributed by atoms with Crippen LogP contribution < -0.4 is 9.81 Å². The smallest absolute Gasteiger partial charge is 0.417 e. The van der Waals surface area contributed by atoms with Crippen LogP contribution in [-0.2, 0) is 22.5 Å². The van der Waals surface area contributed by atoms with E-state index in [2.05, 4.69) is 4.42 Å². The first-order valence-corrected chi connectivity index (χ1v) is 8.95. The van der Waals surface area contributed by atoms with Gasteiger partial charge in [0.05, 0.1) is 11.1 Å². The SMILES string of the molecule is O=c1cc(C(F)(F)F)c2ccc(OS(=O)(=O)c3cccc(C(F)(F)F)c3)cc2o1. The third-order valence-corrected chi connectivity index (χ3v) is 4.92. The van der Waals surface area contributed by atoms with Gasteiger partial charge in [0.2, 0.25) is 0 Å². The minimum Gasteiger partial charge on any atom is -0.423 e. The average Bonchev–Trinajstić information content (AvgIpc) is 2.59. The van der Waals surface area contributed by atoms with E-state index in [0.29, 0.717) is 12.1 Å². The molecule has 5 nitrogen and oxygen atoms in total. The zero-order chi connectivity index (χ0) is 21.6. The summed E-state index contributed by atoms with van der Waals surface area (Å²) in [6.07, 6.45) is -9.67. The van der Waals surface area contributed by atoms with E-state index in [4.69, 9.17) is 4.18 Å². The highest BCUT2D eigenvalue weighted by molar-refractivity contribution is 7.87. The summed E-state index contributed by atoms with van der Waals surface area (Å²) in [6.45, 7) is 0. The normalized spacial score (nSPS) is 12.9. The van der Waals surface area contributed by atoms with Crippen molar-refractivity contribution < 1.29 is 43.4 Å². The van der Waals surface area contributed by atoms with Crippen LogP contribution in [0.15, 0.2) is 62.6 Å². The molecule has 1 heterocycles. The first-order valence-electron chi connectivity index (χ1n) is 7.54. The maximum Gasteiger partial charge on any atom is 0.417 e. The van der Waals surface area contributed by atoms with Crippen molar-refractivity contribution in [1.29, 1.82) is 0 Å². The Labute approximate surface area is 158 Å². The van der Waals surface area contributed by atoms with Gasteiger partial charge >= 0.3 is 28.1 Å². The Morgan fingerprint density at radius 1 is 0.862 bits per heavy atom. The Kier molecular flexibility index (Phi) is 4.85. The monoisotopic (exact) mass is 438 g/mol. The number of hydrogen-bond donors (Lipinski definition) is 0. The molecule has 0 spiro atoms. The molecule has 0 saturated heterocycles. The lowest BCUT2D eigenvalue weighted by atomic mass is 10.1. The summed E-state index contributed by atoms with van der Waals surface area (Å²) in [5.41, 5.74) is -4.47. The summed E-state index contributed by atoms with van der Waals surface area (Å²) in [5.74, 6) is -0.558. The molecule has 12 heteroatoms. The van der Waals surface area contributed by atoms with Crippen LogP contribution in [-0.4, -0.2) is 8.42 Å². The maximum atomic E-state index is 13.0. The lowest BCUT2D eigenvalue weighted by Gasteiger charge is -2.12. The molecule has 0 saturated carbocycles. The van der Waals surface area contributed by atoms with Gasteiger partial charge in [-0.15, -0.1) is 0 Å². The summed E-state index contributed by atoms with van der Waals surface area (Å²) in [4.78, 5) is 10.5. The zero-order valence-electron chi connectivity index (χ0n) is 13.8. The minimum atomic E-state index is -4.87. The Hall–Kier alpha value is -3.02. The highest BCUT2D eigenvalue weighted by Crippen LogP contribution is 2.35. The molecule has 0 N–H and O–H groups in total. The largest absolute Gasteiger partial charge is 0.423 e. The first-order chi connectivity index (χ1) is 13.3. The van der Waals surface area contributed by atoms with Gasteiger partial charge in [0.15, 0.2) is 0 Å². The highest BCUT2D eigenvalue weighted by Gasteiger charge is 2.34. The van der Waals surface area contributed by atoms with Crippen LogP contribution in [0.4, 0.5) is 26.3 Å². The van der Waals surface area contributed by atoms with Crippen molar-refractivity contribution in [3.63, 3.8) is 0 Å². The van der Waals surface area contributed by atoms with E-state index in [1.54, 1.807) is 0 Å². The van der Waals surface area contributed by atoms with E-state index < -0.39 is 60.8 Å². The van der Waals surface area contributed by atoms with Crippen LogP contribution in [0.25, 0.3) is 11.0 Å². The molecule has 0 atom stereocenters. The lowest BCUT2D eigenvalue weighted by molar-refractivity contribution is -0.138. The quantitative estimate of drug-likeness (QED) is 0.340. The molecule has 0 aliphatic carbocycles. The van der Waals surface area contributed by atoms with Gasteiger partial charge in [-0.1, -0.05) is 6.07 Å². The second-order valence-corrected chi connectivity index (χ2v) is 7.24. The summed E-state index contributed by atoms with van der Waals surface area (Å²) < 4.78 is 111. The number of rotatable bonds is 3. The predicted octanol–water partition coefficient (Wildman–Crippen LogP) is 4.60. The molecule has 0 unspecified atom stereocenters. The van der Waals surface area contributed by atoms with E-state index >= 15 is 0 Å². The van der Waals surface area contributed by atoms with Crippen molar-refractivity contribution in [2.24, 2.45) is 0 Å². The number of halogens is 6. The third-order valence-electron chi connectivity index (χ3n) is 3.68. The van der Waals surface area contributed by atoms with Crippen LogP contribution >= 0.6 is 0 Å². The third kappa shape index (κ3) is 4.36. The molecule has 154 valence electrons. The molecule has 3 aromatic rings. The van der Waals surface area contributed by atoms with Gasteiger partial charge in [-0.05, 0) is 30.3 Å².